The van der Waals surface area contributed by atoms with Crippen LogP contribution >= 0.6 is 0 Å². The molecule has 0 aromatic heterocycles. The molecule has 7 heteroatoms. The highest BCUT2D eigenvalue weighted by molar-refractivity contribution is 5.74. The minimum atomic E-state index is -5.26. The highest BCUT2D eigenvalue weighted by Crippen LogP contribution is 2.30. The molecule has 0 spiro atoms. The van der Waals surface area contributed by atoms with Crippen LogP contribution in [0.25, 0.3) is 0 Å². The molecular weight excluding hydrogens is 167 g/mol. The predicted molar refractivity (Wildman–Crippen MR) is 27.0 cm³/mol. The number of rotatable bonds is 2. The first-order valence-corrected chi connectivity index (χ1v) is 2.46. The monoisotopic (exact) mass is 173 g/mol. The van der Waals surface area contributed by atoms with E-state index in [4.69, 9.17) is 10.2 Å². The maximum Gasteiger partial charge on any atom is 0.443 e. The number of hydrogen-bond donors (Lipinski definition) is 3. The van der Waals surface area contributed by atoms with Gasteiger partial charge in [-0.2, -0.15) is 13.2 Å². The fourth-order valence-corrected chi connectivity index (χ4v) is 0.343. The molecule has 4 N–H and O–H groups in total. The zero-order valence-electron chi connectivity index (χ0n) is 5.22. The fourth-order valence-electron chi connectivity index (χ4n) is 0.343. The second-order valence-electron chi connectivity index (χ2n) is 1.96. The van der Waals surface area contributed by atoms with Gasteiger partial charge in [-0.25, -0.2) is 0 Å². The van der Waals surface area contributed by atoms with Crippen molar-refractivity contribution in [3.05, 3.63) is 0 Å². The predicted octanol–water partition coefficient (Wildman–Crippen LogP) is -0.895. The normalized spacial score (nSPS) is 13.2. The van der Waals surface area contributed by atoms with Crippen LogP contribution in [0.1, 0.15) is 6.42 Å². The quantitative estimate of drug-likeness (QED) is 0.473. The molecular formula is C4H6F3NO3. The van der Waals surface area contributed by atoms with Crippen molar-refractivity contribution in [2.45, 2.75) is 18.4 Å². The molecule has 0 aliphatic rings. The average Bonchev–Trinajstić information content (AvgIpc) is 1.56. The Balaban J connectivity index is 4.34. The summed E-state index contributed by atoms with van der Waals surface area (Å²) < 4.78 is 34.5. The van der Waals surface area contributed by atoms with E-state index in [-0.39, 0.29) is 0 Å². The van der Waals surface area contributed by atoms with E-state index in [0.29, 0.717) is 0 Å². The van der Waals surface area contributed by atoms with Crippen molar-refractivity contribution in [3.63, 3.8) is 0 Å². The van der Waals surface area contributed by atoms with E-state index >= 15 is 0 Å². The lowest BCUT2D eigenvalue weighted by atomic mass is 10.2. The van der Waals surface area contributed by atoms with Crippen LogP contribution in [-0.2, 0) is 4.79 Å². The van der Waals surface area contributed by atoms with Crippen molar-refractivity contribution < 1.29 is 28.2 Å². The number of primary amides is 1. The molecule has 0 fully saturated rings. The Bertz CT molecular complexity index is 164. The highest BCUT2D eigenvalue weighted by atomic mass is 19.4. The summed E-state index contributed by atoms with van der Waals surface area (Å²) in [7, 11) is 0. The van der Waals surface area contributed by atoms with Gasteiger partial charge >= 0.3 is 6.18 Å². The number of carbonyl (C=O) groups excluding carboxylic acids is 1. The van der Waals surface area contributed by atoms with Crippen LogP contribution in [0.3, 0.4) is 0 Å². The molecule has 0 heterocycles. The minimum Gasteiger partial charge on any atom is -0.369 e. The average molecular weight is 173 g/mol. The molecule has 0 bridgehead atoms. The van der Waals surface area contributed by atoms with E-state index in [0.717, 1.165) is 0 Å². The minimum absolute atomic E-state index is 1.44. The van der Waals surface area contributed by atoms with Crippen LogP contribution in [0.2, 0.25) is 0 Å². The molecule has 4 nitrogen and oxygen atoms in total. The van der Waals surface area contributed by atoms with Gasteiger partial charge in [-0.15, -0.1) is 0 Å². The van der Waals surface area contributed by atoms with Crippen LogP contribution in [0.5, 0.6) is 0 Å². The summed E-state index contributed by atoms with van der Waals surface area (Å²) in [4.78, 5) is 9.86. The molecule has 1 amide bonds. The van der Waals surface area contributed by atoms with E-state index in [9.17, 15) is 18.0 Å². The first kappa shape index (κ1) is 10.2. The molecule has 0 atom stereocenters. The smallest absolute Gasteiger partial charge is 0.369 e. The highest BCUT2D eigenvalue weighted by Gasteiger charge is 2.53. The summed E-state index contributed by atoms with van der Waals surface area (Å²) in [5.74, 6) is -5.45. The van der Waals surface area contributed by atoms with Crippen molar-refractivity contribution in [1.29, 1.82) is 0 Å². The summed E-state index contributed by atoms with van der Waals surface area (Å²) in [6, 6.07) is 0. The molecule has 0 aromatic carbocycles. The van der Waals surface area contributed by atoms with Gasteiger partial charge in [-0.1, -0.05) is 0 Å². The Morgan fingerprint density at radius 2 is 1.73 bits per heavy atom. The van der Waals surface area contributed by atoms with Crippen LogP contribution in [0.4, 0.5) is 13.2 Å². The van der Waals surface area contributed by atoms with Crippen LogP contribution in [0, 0.1) is 0 Å². The van der Waals surface area contributed by atoms with Crippen LogP contribution in [-0.4, -0.2) is 28.1 Å². The van der Waals surface area contributed by atoms with Gasteiger partial charge in [-0.05, 0) is 0 Å². The van der Waals surface area contributed by atoms with Crippen molar-refractivity contribution in [2.24, 2.45) is 5.73 Å². The number of alkyl halides is 3. The zero-order chi connectivity index (χ0) is 9.28. The van der Waals surface area contributed by atoms with E-state index in [1.54, 1.807) is 0 Å². The van der Waals surface area contributed by atoms with E-state index in [2.05, 4.69) is 5.73 Å². The third-order valence-electron chi connectivity index (χ3n) is 0.875. The van der Waals surface area contributed by atoms with E-state index in [1.165, 1.54) is 0 Å². The Kier molecular flexibility index (Phi) is 2.47. The molecule has 0 aromatic rings. The summed E-state index contributed by atoms with van der Waals surface area (Å²) in [5.41, 5.74) is 4.32. The second-order valence-corrected chi connectivity index (χ2v) is 1.96. The van der Waals surface area contributed by atoms with Crippen molar-refractivity contribution in [2.75, 3.05) is 0 Å². The summed E-state index contributed by atoms with van der Waals surface area (Å²) in [5, 5.41) is 16.3. The number of amides is 1. The largest absolute Gasteiger partial charge is 0.443 e. The Morgan fingerprint density at radius 3 is 1.82 bits per heavy atom. The van der Waals surface area contributed by atoms with Gasteiger partial charge in [0, 0.05) is 0 Å². The number of carbonyl (C=O) groups is 1. The lowest BCUT2D eigenvalue weighted by Gasteiger charge is -2.22. The molecule has 0 radical (unpaired) electrons. The van der Waals surface area contributed by atoms with Gasteiger partial charge in [0.05, 0.1) is 6.42 Å². The van der Waals surface area contributed by atoms with Crippen molar-refractivity contribution in [3.8, 4) is 0 Å². The lowest BCUT2D eigenvalue weighted by molar-refractivity contribution is -0.347. The standard InChI is InChI=1S/C4H6F3NO3/c5-4(6,7)3(10,11)1-2(8)9/h10-11H,1H2,(H2,8,9). The lowest BCUT2D eigenvalue weighted by Crippen LogP contribution is -2.47. The Labute approximate surface area is 59.4 Å². The first-order valence-electron chi connectivity index (χ1n) is 2.46. The zero-order valence-corrected chi connectivity index (χ0v) is 5.22. The molecule has 0 aliphatic carbocycles. The Hall–Kier alpha value is -0.820. The number of hydrogen-bond acceptors (Lipinski definition) is 3. The SMILES string of the molecule is NC(=O)CC(O)(O)C(F)(F)F. The first-order chi connectivity index (χ1) is 4.67. The number of halogens is 3. The van der Waals surface area contributed by atoms with Crippen LogP contribution < -0.4 is 5.73 Å². The van der Waals surface area contributed by atoms with E-state index < -0.39 is 24.3 Å². The van der Waals surface area contributed by atoms with Gasteiger partial charge in [0.2, 0.25) is 5.91 Å². The molecule has 0 saturated carbocycles. The van der Waals surface area contributed by atoms with Gasteiger partial charge in [-0.3, -0.25) is 4.79 Å². The van der Waals surface area contributed by atoms with Gasteiger partial charge in [0.25, 0.3) is 5.79 Å². The van der Waals surface area contributed by atoms with Crippen LogP contribution in [0.15, 0.2) is 0 Å². The Morgan fingerprint density at radius 1 is 1.36 bits per heavy atom. The van der Waals surface area contributed by atoms with Crippen molar-refractivity contribution in [1.82, 2.24) is 0 Å². The van der Waals surface area contributed by atoms with E-state index in [1.807, 2.05) is 0 Å². The topological polar surface area (TPSA) is 83.6 Å². The van der Waals surface area contributed by atoms with Crippen molar-refractivity contribution >= 4 is 5.91 Å². The molecule has 66 valence electrons. The van der Waals surface area contributed by atoms with Gasteiger partial charge in [0.1, 0.15) is 0 Å². The molecule has 0 saturated heterocycles. The molecule has 0 rings (SSSR count). The molecule has 0 unspecified atom stereocenters. The fraction of sp³-hybridized carbons (Fsp3) is 0.750. The van der Waals surface area contributed by atoms with Gasteiger partial charge < -0.3 is 15.9 Å². The molecule has 11 heavy (non-hydrogen) atoms. The molecule has 0 aliphatic heterocycles. The second kappa shape index (κ2) is 2.67. The third kappa shape index (κ3) is 2.72. The maximum absolute atomic E-state index is 11.5. The summed E-state index contributed by atoms with van der Waals surface area (Å²) in [6.07, 6.45) is -6.82. The maximum atomic E-state index is 11.5. The number of aliphatic hydroxyl groups is 2. The summed E-state index contributed by atoms with van der Waals surface area (Å²) >= 11 is 0. The third-order valence-corrected chi connectivity index (χ3v) is 0.875. The number of nitrogens with two attached hydrogens (primary N) is 1. The summed E-state index contributed by atoms with van der Waals surface area (Å²) in [6.45, 7) is 0. The van der Waals surface area contributed by atoms with Gasteiger partial charge in [0.15, 0.2) is 0 Å².